The van der Waals surface area contributed by atoms with E-state index in [2.05, 4.69) is 65.3 Å². The average molecular weight is 427 g/mol. The van der Waals surface area contributed by atoms with Gasteiger partial charge in [0.15, 0.2) is 0 Å². The number of hydrogen-bond acceptors (Lipinski definition) is 6. The van der Waals surface area contributed by atoms with Crippen LogP contribution in [0.15, 0.2) is 58.4 Å². The van der Waals surface area contributed by atoms with Crippen molar-refractivity contribution in [1.82, 2.24) is 9.97 Å². The normalized spacial score (nSPS) is 17.1. The second kappa shape index (κ2) is 8.31. The highest BCUT2D eigenvalue weighted by molar-refractivity contribution is 5.82. The number of nitriles is 1. The fourth-order valence-electron chi connectivity index (χ4n) is 4.28. The van der Waals surface area contributed by atoms with Crippen molar-refractivity contribution in [2.45, 2.75) is 38.6 Å². The molecule has 3 aromatic rings. The Hall–Kier alpha value is -3.92. The van der Waals surface area contributed by atoms with Crippen LogP contribution in [0, 0.1) is 11.3 Å². The van der Waals surface area contributed by atoms with Gasteiger partial charge in [-0.2, -0.15) is 10.4 Å². The number of fused-ring (bicyclic) bond motifs is 1. The summed E-state index contributed by atoms with van der Waals surface area (Å²) in [5, 5.41) is 13.6. The number of aromatic nitrogens is 2. The maximum Gasteiger partial charge on any atom is 0.270 e. The number of nitrogens with zero attached hydrogens (tertiary/aromatic N) is 4. The highest BCUT2D eigenvalue weighted by Crippen LogP contribution is 2.42. The smallest absolute Gasteiger partial charge is 0.270 e. The summed E-state index contributed by atoms with van der Waals surface area (Å²) < 4.78 is 0. The first-order valence-corrected chi connectivity index (χ1v) is 10.6. The SMILES string of the molecule is CC1CC(C)(C)N(C)c2ccc(C=NNc3nc(-c4ccccc4)c(C#N)c(=O)[nH]3)cc21. The highest BCUT2D eigenvalue weighted by Gasteiger charge is 2.33. The topological polar surface area (TPSA) is 97.2 Å². The standard InChI is InChI=1S/C25H26N6O/c1-16-13-25(2,3)31(4)21-11-10-17(12-19(16)21)15-27-30-24-28-22(18-8-6-5-7-9-18)20(14-26)23(32)29-24/h5-12,15-16H,13H2,1-4H3,(H2,28,29,30,32). The fraction of sp³-hybridized carbons (Fsp3) is 0.280. The van der Waals surface area contributed by atoms with Crippen LogP contribution in [0.1, 0.15) is 49.8 Å². The molecule has 7 nitrogen and oxygen atoms in total. The van der Waals surface area contributed by atoms with Crippen LogP contribution in [0.25, 0.3) is 11.3 Å². The van der Waals surface area contributed by atoms with Gasteiger partial charge in [-0.25, -0.2) is 10.4 Å². The number of nitrogens with one attached hydrogen (secondary N) is 2. The van der Waals surface area contributed by atoms with Gasteiger partial charge in [0.1, 0.15) is 11.6 Å². The van der Waals surface area contributed by atoms with Gasteiger partial charge < -0.3 is 4.90 Å². The fourth-order valence-corrected chi connectivity index (χ4v) is 4.28. The van der Waals surface area contributed by atoms with Crippen LogP contribution >= 0.6 is 0 Å². The second-order valence-corrected chi connectivity index (χ2v) is 8.78. The largest absolute Gasteiger partial charge is 0.369 e. The number of H-pyrrole nitrogens is 1. The monoisotopic (exact) mass is 426 g/mol. The van der Waals surface area contributed by atoms with Crippen LogP contribution in [0.5, 0.6) is 0 Å². The van der Waals surface area contributed by atoms with Crippen LogP contribution < -0.4 is 15.9 Å². The lowest BCUT2D eigenvalue weighted by Gasteiger charge is -2.45. The van der Waals surface area contributed by atoms with Crippen LogP contribution in [0.2, 0.25) is 0 Å². The molecule has 0 spiro atoms. The number of hydrogen-bond donors (Lipinski definition) is 2. The van der Waals surface area contributed by atoms with E-state index in [1.807, 2.05) is 42.5 Å². The maximum atomic E-state index is 12.4. The van der Waals surface area contributed by atoms with Crippen molar-refractivity contribution in [2.24, 2.45) is 5.10 Å². The quantitative estimate of drug-likeness (QED) is 0.474. The zero-order chi connectivity index (χ0) is 22.9. The van der Waals surface area contributed by atoms with Gasteiger partial charge in [0.05, 0.1) is 11.9 Å². The van der Waals surface area contributed by atoms with Gasteiger partial charge in [-0.1, -0.05) is 43.3 Å². The number of hydrazone groups is 1. The van der Waals surface area contributed by atoms with Crippen LogP contribution in [-0.2, 0) is 0 Å². The molecule has 2 heterocycles. The minimum atomic E-state index is -0.507. The molecule has 0 fully saturated rings. The van der Waals surface area contributed by atoms with E-state index in [1.165, 1.54) is 11.3 Å². The lowest BCUT2D eigenvalue weighted by atomic mass is 9.80. The van der Waals surface area contributed by atoms with Gasteiger partial charge >= 0.3 is 0 Å². The summed E-state index contributed by atoms with van der Waals surface area (Å²) in [7, 11) is 2.14. The predicted octanol–water partition coefficient (Wildman–Crippen LogP) is 4.48. The molecule has 0 radical (unpaired) electrons. The molecule has 0 bridgehead atoms. The molecule has 4 rings (SSSR count). The summed E-state index contributed by atoms with van der Waals surface area (Å²) in [6.07, 6.45) is 2.78. The third-order valence-corrected chi connectivity index (χ3v) is 6.12. The summed E-state index contributed by atoms with van der Waals surface area (Å²) >= 11 is 0. The number of anilines is 2. The number of aromatic amines is 1. The molecule has 0 amide bonds. The highest BCUT2D eigenvalue weighted by atomic mass is 16.1. The van der Waals surface area contributed by atoms with Gasteiger partial charge in [0.25, 0.3) is 5.56 Å². The lowest BCUT2D eigenvalue weighted by Crippen LogP contribution is -2.45. The lowest BCUT2D eigenvalue weighted by molar-refractivity contribution is 0.395. The minimum absolute atomic E-state index is 0.0264. The van der Waals surface area contributed by atoms with Gasteiger partial charge in [-0.3, -0.25) is 9.78 Å². The van der Waals surface area contributed by atoms with Gasteiger partial charge in [0, 0.05) is 23.8 Å². The van der Waals surface area contributed by atoms with Gasteiger partial charge in [0.2, 0.25) is 5.95 Å². The van der Waals surface area contributed by atoms with E-state index in [0.29, 0.717) is 17.2 Å². The molecule has 32 heavy (non-hydrogen) atoms. The number of benzene rings is 2. The maximum absolute atomic E-state index is 12.4. The van der Waals surface area contributed by atoms with E-state index in [9.17, 15) is 10.1 Å². The Bertz CT molecular complexity index is 1270. The summed E-state index contributed by atoms with van der Waals surface area (Å²) in [4.78, 5) is 21.7. The molecule has 0 saturated heterocycles. The molecular weight excluding hydrogens is 400 g/mol. The molecule has 7 heteroatoms. The first-order valence-electron chi connectivity index (χ1n) is 10.6. The van der Waals surface area contributed by atoms with E-state index in [0.717, 1.165) is 12.0 Å². The van der Waals surface area contributed by atoms with Crippen LogP contribution in [0.4, 0.5) is 11.6 Å². The minimum Gasteiger partial charge on any atom is -0.369 e. The third kappa shape index (κ3) is 4.00. The van der Waals surface area contributed by atoms with Gasteiger partial charge in [-0.15, -0.1) is 0 Å². The van der Waals surface area contributed by atoms with Crippen molar-refractivity contribution in [2.75, 3.05) is 17.4 Å². The first kappa shape index (κ1) is 21.3. The molecule has 1 aliphatic heterocycles. The Morgan fingerprint density at radius 2 is 2.03 bits per heavy atom. The Labute approximate surface area is 187 Å². The predicted molar refractivity (Wildman–Crippen MR) is 128 cm³/mol. The summed E-state index contributed by atoms with van der Waals surface area (Å²) in [5.41, 5.74) is 6.88. The molecule has 1 aliphatic rings. The van der Waals surface area contributed by atoms with Crippen LogP contribution in [0.3, 0.4) is 0 Å². The van der Waals surface area contributed by atoms with E-state index >= 15 is 0 Å². The molecule has 0 aliphatic carbocycles. The Balaban J connectivity index is 1.59. The summed E-state index contributed by atoms with van der Waals surface area (Å²) in [5.74, 6) is 0.624. The molecule has 1 atom stereocenters. The molecule has 162 valence electrons. The van der Waals surface area contributed by atoms with E-state index in [1.54, 1.807) is 6.21 Å². The van der Waals surface area contributed by atoms with E-state index in [4.69, 9.17) is 0 Å². The van der Waals surface area contributed by atoms with Crippen molar-refractivity contribution >= 4 is 17.9 Å². The number of rotatable bonds is 4. The molecule has 2 aromatic carbocycles. The Kier molecular flexibility index (Phi) is 5.54. The molecule has 1 aromatic heterocycles. The van der Waals surface area contributed by atoms with Gasteiger partial charge in [-0.05, 0) is 49.4 Å². The molecular formula is C25H26N6O. The van der Waals surface area contributed by atoms with E-state index in [-0.39, 0.29) is 17.1 Å². The summed E-state index contributed by atoms with van der Waals surface area (Å²) in [6, 6.07) is 17.4. The molecule has 2 N–H and O–H groups in total. The van der Waals surface area contributed by atoms with Crippen molar-refractivity contribution in [3.05, 3.63) is 75.6 Å². The van der Waals surface area contributed by atoms with Crippen LogP contribution in [-0.4, -0.2) is 28.8 Å². The van der Waals surface area contributed by atoms with Crippen molar-refractivity contribution in [1.29, 1.82) is 5.26 Å². The Morgan fingerprint density at radius 3 is 2.75 bits per heavy atom. The molecule has 0 saturated carbocycles. The first-order chi connectivity index (χ1) is 15.3. The third-order valence-electron chi connectivity index (χ3n) is 6.12. The molecule has 1 unspecified atom stereocenters. The zero-order valence-corrected chi connectivity index (χ0v) is 18.7. The van der Waals surface area contributed by atoms with Crippen molar-refractivity contribution < 1.29 is 0 Å². The summed E-state index contributed by atoms with van der Waals surface area (Å²) in [6.45, 7) is 6.78. The zero-order valence-electron chi connectivity index (χ0n) is 18.7. The van der Waals surface area contributed by atoms with E-state index < -0.39 is 5.56 Å². The van der Waals surface area contributed by atoms with Crippen molar-refractivity contribution in [3.63, 3.8) is 0 Å². The average Bonchev–Trinajstić information content (AvgIpc) is 2.77. The second-order valence-electron chi connectivity index (χ2n) is 8.78. The Morgan fingerprint density at radius 1 is 1.28 bits per heavy atom. The van der Waals surface area contributed by atoms with Crippen molar-refractivity contribution in [3.8, 4) is 17.3 Å².